The first kappa shape index (κ1) is 12.0. The van der Waals surface area contributed by atoms with Crippen molar-refractivity contribution in [3.63, 3.8) is 0 Å². The number of furan rings is 1. The van der Waals surface area contributed by atoms with Crippen LogP contribution in [0.1, 0.15) is 16.9 Å². The van der Waals surface area contributed by atoms with Crippen molar-refractivity contribution in [2.75, 3.05) is 7.05 Å². The third-order valence-corrected chi connectivity index (χ3v) is 3.23. The molecule has 0 fully saturated rings. The Morgan fingerprint density at radius 1 is 0.947 bits per heavy atom. The van der Waals surface area contributed by atoms with E-state index in [-0.39, 0.29) is 0 Å². The highest BCUT2D eigenvalue weighted by Crippen LogP contribution is 2.22. The molecule has 3 rings (SSSR count). The van der Waals surface area contributed by atoms with E-state index in [0.717, 1.165) is 24.3 Å². The van der Waals surface area contributed by atoms with Gasteiger partial charge in [0, 0.05) is 5.39 Å². The Bertz CT molecular complexity index is 670. The van der Waals surface area contributed by atoms with Crippen molar-refractivity contribution in [2.24, 2.45) is 0 Å². The molecule has 0 bridgehead atoms. The summed E-state index contributed by atoms with van der Waals surface area (Å²) < 4.78 is 5.75. The van der Waals surface area contributed by atoms with Crippen LogP contribution in [0.2, 0.25) is 0 Å². The maximum atomic E-state index is 5.75. The molecule has 0 spiro atoms. The van der Waals surface area contributed by atoms with Gasteiger partial charge in [0.05, 0.1) is 6.54 Å². The minimum atomic E-state index is 0.767. The summed E-state index contributed by atoms with van der Waals surface area (Å²) in [7, 11) is 1.92. The van der Waals surface area contributed by atoms with Crippen molar-refractivity contribution in [1.29, 1.82) is 0 Å². The van der Waals surface area contributed by atoms with Crippen LogP contribution in [-0.2, 0) is 13.0 Å². The van der Waals surface area contributed by atoms with Gasteiger partial charge < -0.3 is 9.73 Å². The maximum Gasteiger partial charge on any atom is 0.134 e. The van der Waals surface area contributed by atoms with E-state index in [1.54, 1.807) is 0 Å². The van der Waals surface area contributed by atoms with E-state index in [1.807, 2.05) is 13.1 Å². The van der Waals surface area contributed by atoms with Crippen molar-refractivity contribution in [1.82, 2.24) is 5.32 Å². The van der Waals surface area contributed by atoms with Gasteiger partial charge in [-0.05, 0) is 42.8 Å². The zero-order valence-electron chi connectivity index (χ0n) is 11.0. The highest BCUT2D eigenvalue weighted by molar-refractivity contribution is 5.78. The Morgan fingerprint density at radius 3 is 2.58 bits per heavy atom. The predicted molar refractivity (Wildman–Crippen MR) is 78.2 cm³/mol. The molecule has 2 aromatic carbocycles. The minimum absolute atomic E-state index is 0.767. The van der Waals surface area contributed by atoms with Gasteiger partial charge in [0.1, 0.15) is 11.3 Å². The zero-order chi connectivity index (χ0) is 13.1. The van der Waals surface area contributed by atoms with Gasteiger partial charge in [0.15, 0.2) is 0 Å². The molecule has 0 aliphatic heterocycles. The second-order valence-corrected chi connectivity index (χ2v) is 4.78. The average molecular weight is 251 g/mol. The molecule has 19 heavy (non-hydrogen) atoms. The van der Waals surface area contributed by atoms with Crippen LogP contribution in [0.5, 0.6) is 0 Å². The summed E-state index contributed by atoms with van der Waals surface area (Å²) in [5, 5.41) is 4.28. The lowest BCUT2D eigenvalue weighted by Crippen LogP contribution is -2.03. The molecule has 0 saturated heterocycles. The van der Waals surface area contributed by atoms with E-state index in [2.05, 4.69) is 53.8 Å². The van der Waals surface area contributed by atoms with Crippen molar-refractivity contribution in [2.45, 2.75) is 13.0 Å². The Balaban J connectivity index is 1.88. The van der Waals surface area contributed by atoms with Gasteiger partial charge >= 0.3 is 0 Å². The molecular formula is C17H17NO. The van der Waals surface area contributed by atoms with E-state index in [4.69, 9.17) is 4.42 Å². The first-order valence-electron chi connectivity index (χ1n) is 6.55. The molecular weight excluding hydrogens is 234 g/mol. The van der Waals surface area contributed by atoms with Crippen LogP contribution in [0, 0.1) is 0 Å². The fourth-order valence-corrected chi connectivity index (χ4v) is 2.35. The molecule has 0 aliphatic rings. The molecule has 0 amide bonds. The van der Waals surface area contributed by atoms with Gasteiger partial charge in [0.2, 0.25) is 0 Å². The van der Waals surface area contributed by atoms with Crippen molar-refractivity contribution in [3.05, 3.63) is 71.5 Å². The first-order valence-corrected chi connectivity index (χ1v) is 6.55. The Labute approximate surface area is 113 Å². The van der Waals surface area contributed by atoms with Crippen LogP contribution in [0.25, 0.3) is 11.0 Å². The first-order chi connectivity index (χ1) is 9.35. The van der Waals surface area contributed by atoms with Crippen LogP contribution >= 0.6 is 0 Å². The smallest absolute Gasteiger partial charge is 0.134 e. The molecule has 1 aromatic heterocycles. The number of fused-ring (bicyclic) bond motifs is 1. The van der Waals surface area contributed by atoms with Gasteiger partial charge in [-0.2, -0.15) is 0 Å². The van der Waals surface area contributed by atoms with Crippen molar-refractivity contribution < 1.29 is 4.42 Å². The van der Waals surface area contributed by atoms with E-state index in [0.29, 0.717) is 0 Å². The van der Waals surface area contributed by atoms with E-state index in [1.165, 1.54) is 16.5 Å². The monoisotopic (exact) mass is 251 g/mol. The van der Waals surface area contributed by atoms with Crippen LogP contribution < -0.4 is 5.32 Å². The number of nitrogens with one attached hydrogen (secondary N) is 1. The molecule has 0 saturated carbocycles. The highest BCUT2D eigenvalue weighted by atomic mass is 16.3. The standard InChI is InChI=1S/C17H17NO/c1-18-12-16-11-15-10-14(7-8-17(15)19-16)9-13-5-3-2-4-6-13/h2-8,10-11,18H,9,12H2,1H3. The lowest BCUT2D eigenvalue weighted by Gasteiger charge is -2.01. The molecule has 2 nitrogen and oxygen atoms in total. The maximum absolute atomic E-state index is 5.75. The zero-order valence-corrected chi connectivity index (χ0v) is 11.0. The highest BCUT2D eigenvalue weighted by Gasteiger charge is 2.04. The van der Waals surface area contributed by atoms with Crippen molar-refractivity contribution >= 4 is 11.0 Å². The largest absolute Gasteiger partial charge is 0.460 e. The normalized spacial score (nSPS) is 11.0. The number of hydrogen-bond acceptors (Lipinski definition) is 2. The topological polar surface area (TPSA) is 25.2 Å². The predicted octanol–water partition coefficient (Wildman–Crippen LogP) is 3.74. The third kappa shape index (κ3) is 2.69. The second kappa shape index (κ2) is 5.29. The van der Waals surface area contributed by atoms with Crippen LogP contribution in [-0.4, -0.2) is 7.05 Å². The second-order valence-electron chi connectivity index (χ2n) is 4.78. The molecule has 0 atom stereocenters. The number of benzene rings is 2. The minimum Gasteiger partial charge on any atom is -0.460 e. The fraction of sp³-hybridized carbons (Fsp3) is 0.176. The summed E-state index contributed by atoms with van der Waals surface area (Å²) in [6.07, 6.45) is 0.962. The molecule has 0 radical (unpaired) electrons. The summed E-state index contributed by atoms with van der Waals surface area (Å²) in [4.78, 5) is 0. The average Bonchev–Trinajstić information content (AvgIpc) is 2.82. The summed E-state index contributed by atoms with van der Waals surface area (Å²) in [6, 6.07) is 19.1. The Morgan fingerprint density at radius 2 is 1.79 bits per heavy atom. The number of rotatable bonds is 4. The summed E-state index contributed by atoms with van der Waals surface area (Å²) in [5.74, 6) is 0.981. The van der Waals surface area contributed by atoms with Gasteiger partial charge in [0.25, 0.3) is 0 Å². The van der Waals surface area contributed by atoms with Gasteiger partial charge in [-0.1, -0.05) is 36.4 Å². The summed E-state index contributed by atoms with van der Waals surface area (Å²) in [5.41, 5.74) is 3.61. The van der Waals surface area contributed by atoms with E-state index >= 15 is 0 Å². The fourth-order valence-electron chi connectivity index (χ4n) is 2.35. The quantitative estimate of drug-likeness (QED) is 0.764. The molecule has 1 heterocycles. The molecule has 1 N–H and O–H groups in total. The van der Waals surface area contributed by atoms with Crippen LogP contribution in [0.4, 0.5) is 0 Å². The van der Waals surface area contributed by atoms with Crippen LogP contribution in [0.3, 0.4) is 0 Å². The molecule has 2 heteroatoms. The van der Waals surface area contributed by atoms with Crippen LogP contribution in [0.15, 0.2) is 59.0 Å². The number of hydrogen-bond donors (Lipinski definition) is 1. The lowest BCUT2D eigenvalue weighted by molar-refractivity contribution is 0.531. The molecule has 0 unspecified atom stereocenters. The molecule has 3 aromatic rings. The summed E-state index contributed by atoms with van der Waals surface area (Å²) in [6.45, 7) is 0.767. The van der Waals surface area contributed by atoms with E-state index < -0.39 is 0 Å². The Kier molecular flexibility index (Phi) is 3.34. The van der Waals surface area contributed by atoms with Gasteiger partial charge in [-0.25, -0.2) is 0 Å². The lowest BCUT2D eigenvalue weighted by atomic mass is 10.0. The van der Waals surface area contributed by atoms with Gasteiger partial charge in [-0.3, -0.25) is 0 Å². The summed E-state index contributed by atoms with van der Waals surface area (Å²) >= 11 is 0. The van der Waals surface area contributed by atoms with Gasteiger partial charge in [-0.15, -0.1) is 0 Å². The van der Waals surface area contributed by atoms with E-state index in [9.17, 15) is 0 Å². The SMILES string of the molecule is CNCc1cc2cc(Cc3ccccc3)ccc2o1. The molecule has 0 aliphatic carbocycles. The molecule has 96 valence electrons. The third-order valence-electron chi connectivity index (χ3n) is 3.23. The Hall–Kier alpha value is -2.06. The van der Waals surface area contributed by atoms with Crippen molar-refractivity contribution in [3.8, 4) is 0 Å².